The smallest absolute Gasteiger partial charge is 0.191 e. The van der Waals surface area contributed by atoms with Crippen molar-refractivity contribution in [2.45, 2.75) is 69.0 Å². The molecule has 2 aliphatic rings. The second kappa shape index (κ2) is 11.7. The molecule has 2 heterocycles. The van der Waals surface area contributed by atoms with E-state index < -0.39 is 0 Å². The van der Waals surface area contributed by atoms with Crippen molar-refractivity contribution in [1.82, 2.24) is 30.3 Å². The first-order valence-corrected chi connectivity index (χ1v) is 12.2. The Morgan fingerprint density at radius 2 is 1.82 bits per heavy atom. The molecule has 0 atom stereocenters. The molecule has 0 aromatic carbocycles. The van der Waals surface area contributed by atoms with E-state index >= 15 is 0 Å². The highest BCUT2D eigenvalue weighted by atomic mass is 32.2. The molecule has 7 nitrogen and oxygen atoms in total. The van der Waals surface area contributed by atoms with Gasteiger partial charge in [0.25, 0.3) is 0 Å². The number of aromatic nitrogens is 3. The highest BCUT2D eigenvalue weighted by Crippen LogP contribution is 2.33. The van der Waals surface area contributed by atoms with Gasteiger partial charge in [0.05, 0.1) is 0 Å². The van der Waals surface area contributed by atoms with Crippen molar-refractivity contribution in [3.8, 4) is 0 Å². The van der Waals surface area contributed by atoms with Crippen LogP contribution >= 0.6 is 11.8 Å². The van der Waals surface area contributed by atoms with Crippen molar-refractivity contribution in [3.63, 3.8) is 0 Å². The van der Waals surface area contributed by atoms with Crippen molar-refractivity contribution in [2.75, 3.05) is 46.0 Å². The van der Waals surface area contributed by atoms with Crippen molar-refractivity contribution >= 4 is 17.7 Å². The van der Waals surface area contributed by atoms with Gasteiger partial charge in [-0.1, -0.05) is 31.0 Å². The van der Waals surface area contributed by atoms with Gasteiger partial charge in [0.2, 0.25) is 0 Å². The van der Waals surface area contributed by atoms with Gasteiger partial charge in [0, 0.05) is 39.1 Å². The minimum Gasteiger partial charge on any atom is -0.356 e. The maximum Gasteiger partial charge on any atom is 0.191 e. The van der Waals surface area contributed by atoms with Crippen LogP contribution in [0.15, 0.2) is 10.1 Å². The van der Waals surface area contributed by atoms with Crippen LogP contribution in [0.25, 0.3) is 0 Å². The number of likely N-dealkylation sites (tertiary alicyclic amines) is 1. The molecule has 0 radical (unpaired) electrons. The molecule has 158 valence electrons. The molecular weight excluding hydrogens is 370 g/mol. The van der Waals surface area contributed by atoms with E-state index in [0.717, 1.165) is 49.4 Å². The fourth-order valence-corrected chi connectivity index (χ4v) is 4.91. The number of aryl methyl sites for hydroxylation is 1. The molecule has 28 heavy (non-hydrogen) atoms. The van der Waals surface area contributed by atoms with E-state index in [-0.39, 0.29) is 0 Å². The summed E-state index contributed by atoms with van der Waals surface area (Å²) in [7, 11) is 1.84. The highest BCUT2D eigenvalue weighted by Gasteiger charge is 2.23. The predicted molar refractivity (Wildman–Crippen MR) is 117 cm³/mol. The third-order valence-electron chi connectivity index (χ3n) is 5.87. The molecule has 1 aromatic heterocycles. The van der Waals surface area contributed by atoms with E-state index in [2.05, 4.69) is 41.5 Å². The Balaban J connectivity index is 1.38. The summed E-state index contributed by atoms with van der Waals surface area (Å²) in [4.78, 5) is 6.90. The molecule has 3 rings (SSSR count). The number of hydrogen-bond donors (Lipinski definition) is 2. The third-order valence-corrected chi connectivity index (χ3v) is 6.51. The Morgan fingerprint density at radius 3 is 2.54 bits per heavy atom. The summed E-state index contributed by atoms with van der Waals surface area (Å²) >= 11 is 1.71. The summed E-state index contributed by atoms with van der Waals surface area (Å²) in [6.07, 6.45) is 13.4. The van der Waals surface area contributed by atoms with E-state index in [1.165, 1.54) is 58.0 Å². The van der Waals surface area contributed by atoms with E-state index in [1.807, 2.05) is 7.05 Å². The Morgan fingerprint density at radius 1 is 1.07 bits per heavy atom. The molecule has 0 unspecified atom stereocenters. The van der Waals surface area contributed by atoms with Crippen LogP contribution in [0.3, 0.4) is 0 Å². The van der Waals surface area contributed by atoms with Crippen molar-refractivity contribution in [2.24, 2.45) is 4.99 Å². The van der Waals surface area contributed by atoms with E-state index in [1.54, 1.807) is 11.8 Å². The predicted octanol–water partition coefficient (Wildman–Crippen LogP) is 2.70. The molecule has 0 bridgehead atoms. The zero-order valence-corrected chi connectivity index (χ0v) is 18.4. The molecule has 8 heteroatoms. The van der Waals surface area contributed by atoms with Gasteiger partial charge in [-0.2, -0.15) is 0 Å². The molecule has 1 saturated heterocycles. The summed E-state index contributed by atoms with van der Waals surface area (Å²) in [5.74, 6) is 2.05. The summed E-state index contributed by atoms with van der Waals surface area (Å²) in [6, 6.07) is 0.602. The first-order chi connectivity index (χ1) is 13.8. The maximum atomic E-state index is 4.48. The molecule has 1 aliphatic carbocycles. The lowest BCUT2D eigenvalue weighted by atomic mass is 10.1. The summed E-state index contributed by atoms with van der Waals surface area (Å²) in [6.45, 7) is 5.44. The Hall–Kier alpha value is -1.28. The Kier molecular flexibility index (Phi) is 8.92. The van der Waals surface area contributed by atoms with Gasteiger partial charge in [0.15, 0.2) is 11.1 Å². The minimum absolute atomic E-state index is 0.602. The van der Waals surface area contributed by atoms with E-state index in [9.17, 15) is 0 Å². The van der Waals surface area contributed by atoms with Crippen molar-refractivity contribution < 1.29 is 0 Å². The monoisotopic (exact) mass is 407 g/mol. The normalized spacial score (nSPS) is 19.3. The van der Waals surface area contributed by atoms with E-state index in [4.69, 9.17) is 0 Å². The number of rotatable bonds is 9. The van der Waals surface area contributed by atoms with Gasteiger partial charge >= 0.3 is 0 Å². The van der Waals surface area contributed by atoms with Crippen LogP contribution in [-0.4, -0.2) is 71.7 Å². The lowest BCUT2D eigenvalue weighted by molar-refractivity contribution is 0.232. The number of piperidine rings is 1. The van der Waals surface area contributed by atoms with Gasteiger partial charge in [0.1, 0.15) is 5.82 Å². The number of nitrogens with one attached hydrogen (secondary N) is 2. The number of guanidine groups is 1. The minimum atomic E-state index is 0.602. The average Bonchev–Trinajstić information content (AvgIpc) is 3.39. The van der Waals surface area contributed by atoms with Crippen molar-refractivity contribution in [1.29, 1.82) is 0 Å². The van der Waals surface area contributed by atoms with Gasteiger partial charge in [-0.05, 0) is 51.4 Å². The fraction of sp³-hybridized carbons (Fsp3) is 0.850. The van der Waals surface area contributed by atoms with Crippen LogP contribution in [0.2, 0.25) is 0 Å². The van der Waals surface area contributed by atoms with E-state index in [0.29, 0.717) is 6.04 Å². The summed E-state index contributed by atoms with van der Waals surface area (Å²) in [5, 5.41) is 16.9. The largest absolute Gasteiger partial charge is 0.356 e. The first kappa shape index (κ1) is 21.4. The first-order valence-electron chi connectivity index (χ1n) is 11.0. The molecule has 1 aliphatic heterocycles. The zero-order chi connectivity index (χ0) is 19.6. The molecule has 1 aromatic rings. The van der Waals surface area contributed by atoms with Crippen LogP contribution in [-0.2, 0) is 6.42 Å². The van der Waals surface area contributed by atoms with Crippen LogP contribution in [0.4, 0.5) is 0 Å². The maximum absolute atomic E-state index is 4.48. The number of nitrogens with zero attached hydrogens (tertiary/aromatic N) is 5. The molecule has 0 spiro atoms. The highest BCUT2D eigenvalue weighted by molar-refractivity contribution is 7.98. The quantitative estimate of drug-likeness (QED) is 0.284. The molecule has 0 amide bonds. The third kappa shape index (κ3) is 6.11. The van der Waals surface area contributed by atoms with Crippen LogP contribution in [0.1, 0.15) is 63.2 Å². The van der Waals surface area contributed by atoms with Crippen LogP contribution < -0.4 is 10.6 Å². The van der Waals surface area contributed by atoms with Gasteiger partial charge in [-0.3, -0.25) is 4.99 Å². The lowest BCUT2D eigenvalue weighted by Gasteiger charge is -2.26. The lowest BCUT2D eigenvalue weighted by Crippen LogP contribution is -2.43. The number of thioether (sulfide) groups is 1. The van der Waals surface area contributed by atoms with Gasteiger partial charge in [-0.25, -0.2) is 0 Å². The van der Waals surface area contributed by atoms with Gasteiger partial charge in [-0.15, -0.1) is 10.2 Å². The van der Waals surface area contributed by atoms with Crippen LogP contribution in [0, 0.1) is 0 Å². The fourth-order valence-electron chi connectivity index (χ4n) is 4.34. The molecular formula is C20H37N7S. The second-order valence-electron chi connectivity index (χ2n) is 7.84. The van der Waals surface area contributed by atoms with Crippen LogP contribution in [0.5, 0.6) is 0 Å². The Bertz CT molecular complexity index is 604. The number of hydrogen-bond acceptors (Lipinski definition) is 5. The molecule has 2 fully saturated rings. The van der Waals surface area contributed by atoms with Crippen molar-refractivity contribution in [3.05, 3.63) is 5.82 Å². The number of aliphatic imine (C=N–C) groups is 1. The zero-order valence-electron chi connectivity index (χ0n) is 17.6. The molecule has 1 saturated carbocycles. The SMILES string of the molecule is CN=C(NCCCc1nnc(SC)n1C1CCCC1)NCCN1CCCCC1. The molecule has 2 N–H and O–H groups in total. The second-order valence-corrected chi connectivity index (χ2v) is 8.62. The Labute approximate surface area is 174 Å². The topological polar surface area (TPSA) is 70.4 Å². The van der Waals surface area contributed by atoms with Gasteiger partial charge < -0.3 is 20.1 Å². The summed E-state index contributed by atoms with van der Waals surface area (Å²) in [5.41, 5.74) is 0. The average molecular weight is 408 g/mol. The standard InChI is InChI=1S/C20H37N7S/c1-21-19(23-13-16-26-14-6-3-7-15-26)22-12-8-11-18-24-25-20(28-2)27(18)17-9-4-5-10-17/h17H,3-16H2,1-2H3,(H2,21,22,23). The summed E-state index contributed by atoms with van der Waals surface area (Å²) < 4.78 is 2.41.